The van der Waals surface area contributed by atoms with E-state index in [0.717, 1.165) is 33.0 Å². The summed E-state index contributed by atoms with van der Waals surface area (Å²) in [5.74, 6) is 0. The largest absolute Gasteiger partial charge is 0.364 e. The highest BCUT2D eigenvalue weighted by Crippen LogP contribution is 2.32. The maximum absolute atomic E-state index is 12.0. The lowest BCUT2D eigenvalue weighted by molar-refractivity contribution is 0.618. The van der Waals surface area contributed by atoms with Gasteiger partial charge >= 0.3 is 5.69 Å². The molecule has 0 aliphatic carbocycles. The van der Waals surface area contributed by atoms with Gasteiger partial charge in [0.2, 0.25) is 0 Å². The molecule has 0 radical (unpaired) electrons. The maximum atomic E-state index is 12.0. The minimum atomic E-state index is -0.281. The molecule has 0 bridgehead atoms. The zero-order valence-corrected chi connectivity index (χ0v) is 13.8. The number of nitrogens with zero attached hydrogens (tertiary/aromatic N) is 4. The SMILES string of the molecule is CSc1nc2[nH]c(-c3ccccc3)c(C)c2c2nc(=O)n(C)n12. The summed E-state index contributed by atoms with van der Waals surface area (Å²) >= 11 is 1.48. The van der Waals surface area contributed by atoms with Crippen molar-refractivity contribution >= 4 is 28.4 Å². The zero-order valence-electron chi connectivity index (χ0n) is 13.0. The van der Waals surface area contributed by atoms with E-state index in [1.165, 1.54) is 16.4 Å². The van der Waals surface area contributed by atoms with Gasteiger partial charge < -0.3 is 4.98 Å². The van der Waals surface area contributed by atoms with Crippen LogP contribution in [0.25, 0.3) is 27.9 Å². The average Bonchev–Trinajstić information content (AvgIpc) is 3.05. The summed E-state index contributed by atoms with van der Waals surface area (Å²) in [6.45, 7) is 2.03. The third kappa shape index (κ3) is 1.93. The summed E-state index contributed by atoms with van der Waals surface area (Å²) in [5, 5.41) is 1.62. The van der Waals surface area contributed by atoms with Gasteiger partial charge in [-0.3, -0.25) is 0 Å². The predicted octanol–water partition coefficient (Wildman–Crippen LogP) is 2.61. The van der Waals surface area contributed by atoms with E-state index in [2.05, 4.69) is 27.1 Å². The molecule has 0 unspecified atom stereocenters. The van der Waals surface area contributed by atoms with Crippen molar-refractivity contribution in [3.63, 3.8) is 0 Å². The number of nitrogens with one attached hydrogen (secondary N) is 1. The maximum Gasteiger partial charge on any atom is 0.364 e. The Bertz CT molecular complexity index is 1090. The van der Waals surface area contributed by atoms with Crippen molar-refractivity contribution < 1.29 is 0 Å². The van der Waals surface area contributed by atoms with Crippen molar-refractivity contribution in [1.29, 1.82) is 0 Å². The second kappa shape index (κ2) is 4.99. The normalized spacial score (nSPS) is 11.6. The van der Waals surface area contributed by atoms with Gasteiger partial charge in [-0.15, -0.1) is 0 Å². The molecule has 0 amide bonds. The fourth-order valence-electron chi connectivity index (χ4n) is 2.92. The summed E-state index contributed by atoms with van der Waals surface area (Å²) in [6, 6.07) is 10.1. The number of hydrogen-bond donors (Lipinski definition) is 1. The lowest BCUT2D eigenvalue weighted by Crippen LogP contribution is -2.17. The Hall–Kier alpha value is -2.54. The van der Waals surface area contributed by atoms with E-state index in [1.807, 2.05) is 31.4 Å². The van der Waals surface area contributed by atoms with E-state index in [-0.39, 0.29) is 5.69 Å². The number of benzene rings is 1. The van der Waals surface area contributed by atoms with Gasteiger partial charge in [-0.05, 0) is 24.3 Å². The first-order valence-corrected chi connectivity index (χ1v) is 8.41. The summed E-state index contributed by atoms with van der Waals surface area (Å²) in [4.78, 5) is 24.3. The highest BCUT2D eigenvalue weighted by atomic mass is 32.2. The van der Waals surface area contributed by atoms with Crippen molar-refractivity contribution in [2.45, 2.75) is 12.1 Å². The van der Waals surface area contributed by atoms with Crippen molar-refractivity contribution in [3.05, 3.63) is 46.4 Å². The quantitative estimate of drug-likeness (QED) is 0.454. The zero-order chi connectivity index (χ0) is 16.1. The van der Waals surface area contributed by atoms with Crippen molar-refractivity contribution in [2.24, 2.45) is 7.05 Å². The Morgan fingerprint density at radius 1 is 1.17 bits per heavy atom. The second-order valence-corrected chi connectivity index (χ2v) is 6.14. The first-order chi connectivity index (χ1) is 11.1. The minimum absolute atomic E-state index is 0.281. The van der Waals surface area contributed by atoms with Crippen LogP contribution in [0.1, 0.15) is 5.56 Å². The molecule has 116 valence electrons. The molecule has 7 heteroatoms. The standard InChI is InChI=1S/C16H15N5OS/c1-9-11-13(17-12(9)10-7-5-4-6-8-10)18-16(23-3)21-14(11)19-15(22)20(21)2/h4-8,17H,1-3H3. The Morgan fingerprint density at radius 2 is 1.91 bits per heavy atom. The number of aromatic amines is 1. The first kappa shape index (κ1) is 14.1. The van der Waals surface area contributed by atoms with Crippen LogP contribution in [0, 0.1) is 6.92 Å². The van der Waals surface area contributed by atoms with Crippen LogP contribution in [-0.4, -0.2) is 30.4 Å². The highest BCUT2D eigenvalue weighted by Gasteiger charge is 2.19. The number of rotatable bonds is 2. The molecule has 0 aliphatic heterocycles. The van der Waals surface area contributed by atoms with Gasteiger partial charge in [0.25, 0.3) is 0 Å². The molecule has 0 atom stereocenters. The third-order valence-electron chi connectivity index (χ3n) is 4.07. The van der Waals surface area contributed by atoms with Gasteiger partial charge in [-0.1, -0.05) is 42.1 Å². The molecule has 0 aliphatic rings. The topological polar surface area (TPSA) is 68.0 Å². The molecule has 0 fully saturated rings. The number of aromatic nitrogens is 5. The fraction of sp³-hybridized carbons (Fsp3) is 0.188. The molecule has 0 saturated carbocycles. The Morgan fingerprint density at radius 3 is 2.61 bits per heavy atom. The molecular weight excluding hydrogens is 310 g/mol. The molecule has 6 nitrogen and oxygen atoms in total. The minimum Gasteiger partial charge on any atom is -0.339 e. The monoisotopic (exact) mass is 325 g/mol. The molecule has 0 spiro atoms. The van der Waals surface area contributed by atoms with Crippen LogP contribution in [0.3, 0.4) is 0 Å². The number of hydrogen-bond acceptors (Lipinski definition) is 4. The van der Waals surface area contributed by atoms with E-state index in [4.69, 9.17) is 0 Å². The van der Waals surface area contributed by atoms with Gasteiger partial charge in [0, 0.05) is 7.05 Å². The van der Waals surface area contributed by atoms with Crippen LogP contribution in [0.5, 0.6) is 0 Å². The van der Waals surface area contributed by atoms with Gasteiger partial charge in [-0.2, -0.15) is 4.98 Å². The number of H-pyrrole nitrogens is 1. The molecule has 4 rings (SSSR count). The van der Waals surface area contributed by atoms with Gasteiger partial charge in [0.15, 0.2) is 10.8 Å². The summed E-state index contributed by atoms with van der Waals surface area (Å²) in [5.41, 5.74) is 4.25. The molecule has 4 aromatic rings. The van der Waals surface area contributed by atoms with Crippen LogP contribution in [-0.2, 0) is 7.05 Å². The van der Waals surface area contributed by atoms with Crippen LogP contribution < -0.4 is 5.69 Å². The smallest absolute Gasteiger partial charge is 0.339 e. The van der Waals surface area contributed by atoms with Gasteiger partial charge in [0.1, 0.15) is 5.65 Å². The van der Waals surface area contributed by atoms with Crippen LogP contribution in [0.2, 0.25) is 0 Å². The third-order valence-corrected chi connectivity index (χ3v) is 4.70. The van der Waals surface area contributed by atoms with Crippen molar-refractivity contribution in [3.8, 4) is 11.3 Å². The molecule has 0 saturated heterocycles. The second-order valence-electron chi connectivity index (χ2n) is 5.37. The lowest BCUT2D eigenvalue weighted by Gasteiger charge is -2.04. The Labute approximate surface area is 136 Å². The Kier molecular flexibility index (Phi) is 3.05. The lowest BCUT2D eigenvalue weighted by atomic mass is 10.1. The molecule has 23 heavy (non-hydrogen) atoms. The van der Waals surface area contributed by atoms with Crippen molar-refractivity contribution in [1.82, 2.24) is 24.1 Å². The molecular formula is C16H15N5OS. The Balaban J connectivity index is 2.17. The first-order valence-electron chi connectivity index (χ1n) is 7.19. The van der Waals surface area contributed by atoms with E-state index < -0.39 is 0 Å². The van der Waals surface area contributed by atoms with Crippen LogP contribution in [0.15, 0.2) is 40.3 Å². The molecule has 3 heterocycles. The number of thioether (sulfide) groups is 1. The van der Waals surface area contributed by atoms with E-state index in [9.17, 15) is 4.79 Å². The van der Waals surface area contributed by atoms with E-state index >= 15 is 0 Å². The van der Waals surface area contributed by atoms with Crippen LogP contribution >= 0.6 is 11.8 Å². The van der Waals surface area contributed by atoms with E-state index in [0.29, 0.717) is 5.65 Å². The number of aryl methyl sites for hydroxylation is 2. The van der Waals surface area contributed by atoms with Crippen molar-refractivity contribution in [2.75, 3.05) is 6.26 Å². The summed E-state index contributed by atoms with van der Waals surface area (Å²) in [7, 11) is 1.70. The molecule has 1 aromatic carbocycles. The molecule has 3 aromatic heterocycles. The number of fused-ring (bicyclic) bond motifs is 3. The van der Waals surface area contributed by atoms with Crippen LogP contribution in [0.4, 0.5) is 0 Å². The molecule has 1 N–H and O–H groups in total. The highest BCUT2D eigenvalue weighted by molar-refractivity contribution is 7.98. The van der Waals surface area contributed by atoms with E-state index in [1.54, 1.807) is 11.6 Å². The predicted molar refractivity (Wildman–Crippen MR) is 92.0 cm³/mol. The average molecular weight is 325 g/mol. The summed E-state index contributed by atoms with van der Waals surface area (Å²) in [6.07, 6.45) is 1.94. The van der Waals surface area contributed by atoms with Gasteiger partial charge in [-0.25, -0.2) is 19.0 Å². The fourth-order valence-corrected chi connectivity index (χ4v) is 3.49. The van der Waals surface area contributed by atoms with Gasteiger partial charge in [0.05, 0.1) is 11.1 Å². The summed E-state index contributed by atoms with van der Waals surface area (Å²) < 4.78 is 3.26.